The zero-order valence-corrected chi connectivity index (χ0v) is 15.0. The Morgan fingerprint density at radius 2 is 1.92 bits per heavy atom. The number of carbonyl (C=O) groups is 1. The first kappa shape index (κ1) is 18.7. The topological polar surface area (TPSA) is 58.9 Å². The minimum atomic E-state index is -3.13. The van der Waals surface area contributed by atoms with Crippen LogP contribution in [-0.2, 0) is 9.53 Å². The van der Waals surface area contributed by atoms with Crippen LogP contribution < -0.4 is 0 Å². The molecule has 0 bridgehead atoms. The molecule has 2 aromatic heterocycles. The highest BCUT2D eigenvalue weighted by molar-refractivity contribution is 7.22. The Morgan fingerprint density at radius 3 is 2.46 bits per heavy atom. The fourth-order valence-corrected chi connectivity index (χ4v) is 3.80. The Labute approximate surface area is 146 Å². The molecule has 0 aliphatic heterocycles. The van der Waals surface area contributed by atoms with E-state index in [1.165, 1.54) is 22.4 Å². The molecule has 0 saturated heterocycles. The lowest BCUT2D eigenvalue weighted by molar-refractivity contribution is -0.158. The first-order valence-electron chi connectivity index (χ1n) is 7.04. The predicted molar refractivity (Wildman–Crippen MR) is 92.4 cm³/mol. The first-order chi connectivity index (χ1) is 11.3. The predicted octanol–water partition coefficient (Wildman–Crippen LogP) is 3.76. The summed E-state index contributed by atoms with van der Waals surface area (Å²) in [5.41, 5.74) is -2.60. The highest BCUT2D eigenvalue weighted by Gasteiger charge is 2.45. The number of aryl methyl sites for hydroxylation is 1. The van der Waals surface area contributed by atoms with Crippen LogP contribution in [0.3, 0.4) is 0 Å². The zero-order valence-electron chi connectivity index (χ0n) is 13.3. The fraction of sp³-hybridized carbons (Fsp3) is 0.375. The van der Waals surface area contributed by atoms with Crippen molar-refractivity contribution < 1.29 is 23.4 Å². The van der Waals surface area contributed by atoms with Gasteiger partial charge in [-0.1, -0.05) is 0 Å². The van der Waals surface area contributed by atoms with Crippen LogP contribution in [0.5, 0.6) is 0 Å². The Balaban J connectivity index is 2.23. The fourth-order valence-electron chi connectivity index (χ4n) is 1.95. The summed E-state index contributed by atoms with van der Waals surface area (Å²) in [5.74, 6) is -1.01. The molecule has 24 heavy (non-hydrogen) atoms. The highest BCUT2D eigenvalue weighted by Crippen LogP contribution is 2.33. The van der Waals surface area contributed by atoms with Gasteiger partial charge in [0.15, 0.2) is 11.6 Å². The summed E-state index contributed by atoms with van der Waals surface area (Å²) in [6, 6.07) is 6.00. The van der Waals surface area contributed by atoms with Crippen LogP contribution >= 0.6 is 22.7 Å². The molecule has 2 atom stereocenters. The Hall–Kier alpha value is -1.64. The Kier molecular flexibility index (Phi) is 5.84. The van der Waals surface area contributed by atoms with Crippen LogP contribution in [0.4, 0.5) is 8.78 Å². The number of esters is 1. The molecule has 0 unspecified atom stereocenters. The third kappa shape index (κ3) is 4.06. The van der Waals surface area contributed by atoms with Crippen molar-refractivity contribution in [3.8, 4) is 9.75 Å². The molecule has 0 radical (unpaired) electrons. The molecule has 4 nitrogen and oxygen atoms in total. The van der Waals surface area contributed by atoms with Crippen molar-refractivity contribution in [3.63, 3.8) is 0 Å². The van der Waals surface area contributed by atoms with Gasteiger partial charge in [0.2, 0.25) is 0 Å². The van der Waals surface area contributed by atoms with Crippen LogP contribution in [0.15, 0.2) is 29.3 Å². The van der Waals surface area contributed by atoms with Crippen molar-refractivity contribution >= 4 is 34.9 Å². The van der Waals surface area contributed by atoms with Crippen molar-refractivity contribution in [1.29, 1.82) is 0 Å². The summed E-state index contributed by atoms with van der Waals surface area (Å²) in [7, 11) is 1.06. The van der Waals surface area contributed by atoms with Crippen molar-refractivity contribution in [2.45, 2.75) is 31.9 Å². The van der Waals surface area contributed by atoms with Gasteiger partial charge in [0.1, 0.15) is 0 Å². The number of ether oxygens (including phenoxy) is 1. The molecule has 0 fully saturated rings. The van der Waals surface area contributed by atoms with Crippen molar-refractivity contribution in [2.24, 2.45) is 4.99 Å². The van der Waals surface area contributed by atoms with Crippen LogP contribution in [0.1, 0.15) is 16.7 Å². The van der Waals surface area contributed by atoms with Gasteiger partial charge in [0, 0.05) is 25.7 Å². The minimum Gasteiger partial charge on any atom is -0.467 e. The average Bonchev–Trinajstić information content (AvgIpc) is 3.15. The number of alkyl halides is 2. The van der Waals surface area contributed by atoms with Crippen LogP contribution in [0.2, 0.25) is 0 Å². The van der Waals surface area contributed by atoms with E-state index in [1.54, 1.807) is 17.4 Å². The van der Waals surface area contributed by atoms with Crippen molar-refractivity contribution in [1.82, 2.24) is 0 Å². The second-order valence-corrected chi connectivity index (χ2v) is 7.75. The maximum atomic E-state index is 13.0. The Morgan fingerprint density at radius 1 is 1.29 bits per heavy atom. The molecule has 0 saturated carbocycles. The lowest BCUT2D eigenvalue weighted by Crippen LogP contribution is -2.49. The molecule has 1 N–H and O–H groups in total. The van der Waals surface area contributed by atoms with Gasteiger partial charge in [0.25, 0.3) is 6.43 Å². The lowest BCUT2D eigenvalue weighted by Gasteiger charge is -2.27. The molecular formula is C16H17F2NO3S2. The molecule has 0 aliphatic carbocycles. The van der Waals surface area contributed by atoms with Crippen LogP contribution in [-0.4, -0.2) is 42.5 Å². The quantitative estimate of drug-likeness (QED) is 0.620. The third-order valence-electron chi connectivity index (χ3n) is 3.38. The summed E-state index contributed by atoms with van der Waals surface area (Å²) < 4.78 is 30.4. The maximum absolute atomic E-state index is 13.0. The van der Waals surface area contributed by atoms with E-state index in [4.69, 9.17) is 0 Å². The van der Waals surface area contributed by atoms with E-state index in [9.17, 15) is 18.7 Å². The van der Waals surface area contributed by atoms with Gasteiger partial charge in [0.05, 0.1) is 7.11 Å². The van der Waals surface area contributed by atoms with E-state index in [-0.39, 0.29) is 0 Å². The number of aliphatic imine (C=N–C) groups is 1. The van der Waals surface area contributed by atoms with Gasteiger partial charge in [-0.15, -0.1) is 22.7 Å². The second-order valence-electron chi connectivity index (χ2n) is 5.34. The van der Waals surface area contributed by atoms with E-state index in [2.05, 4.69) is 9.73 Å². The number of aliphatic hydroxyl groups is 1. The number of hydrogen-bond acceptors (Lipinski definition) is 6. The molecular weight excluding hydrogens is 356 g/mol. The van der Waals surface area contributed by atoms with Gasteiger partial charge in [-0.2, -0.15) is 0 Å². The van der Waals surface area contributed by atoms with E-state index in [0.29, 0.717) is 4.88 Å². The first-order valence-corrected chi connectivity index (χ1v) is 8.67. The Bertz CT molecular complexity index is 737. The summed E-state index contributed by atoms with van der Waals surface area (Å²) in [4.78, 5) is 19.5. The summed E-state index contributed by atoms with van der Waals surface area (Å²) in [6.45, 7) is 2.88. The summed E-state index contributed by atoms with van der Waals surface area (Å²) in [6.07, 6.45) is -1.82. The van der Waals surface area contributed by atoms with Gasteiger partial charge in [-0.3, -0.25) is 4.99 Å². The summed E-state index contributed by atoms with van der Waals surface area (Å²) in [5, 5.41) is 9.86. The molecule has 2 aromatic rings. The van der Waals surface area contributed by atoms with Gasteiger partial charge in [-0.25, -0.2) is 13.6 Å². The third-order valence-corrected chi connectivity index (χ3v) is 5.60. The molecule has 0 aromatic carbocycles. The number of hydrogen-bond donors (Lipinski definition) is 1. The molecule has 2 heterocycles. The molecule has 8 heteroatoms. The van der Waals surface area contributed by atoms with E-state index in [0.717, 1.165) is 23.8 Å². The molecule has 130 valence electrons. The normalized spacial score (nSPS) is 15.6. The molecule has 0 spiro atoms. The number of carbonyl (C=O) groups excluding carboxylic acids is 1. The zero-order chi connectivity index (χ0) is 17.9. The van der Waals surface area contributed by atoms with Crippen molar-refractivity contribution in [3.05, 3.63) is 34.0 Å². The van der Waals surface area contributed by atoms with E-state index < -0.39 is 24.0 Å². The number of nitrogens with zero attached hydrogens (tertiary/aromatic N) is 1. The molecule has 2 rings (SSSR count). The van der Waals surface area contributed by atoms with E-state index in [1.807, 2.05) is 25.1 Å². The monoisotopic (exact) mass is 373 g/mol. The average molecular weight is 373 g/mol. The van der Waals surface area contributed by atoms with E-state index >= 15 is 0 Å². The smallest absolute Gasteiger partial charge is 0.333 e. The molecule has 0 aliphatic rings. The standard InChI is InChI=1S/C16H17F2NO3S2/c1-9-4-6-11(23-9)12-7-5-10(24-12)8-19-13(14(20)22-3)16(2,21)15(17)18/h4-8,13,15,21H,1-3H3/t13-,16+/m1/s1. The second kappa shape index (κ2) is 7.50. The van der Waals surface area contributed by atoms with Gasteiger partial charge in [-0.05, 0) is 38.1 Å². The summed E-state index contributed by atoms with van der Waals surface area (Å²) >= 11 is 3.07. The minimum absolute atomic E-state index is 0.690. The maximum Gasteiger partial charge on any atom is 0.333 e. The number of rotatable bonds is 6. The SMILES string of the molecule is COC(=O)[C@@H](N=Cc1ccc(-c2ccc(C)s2)s1)[C@](C)(O)C(F)F. The van der Waals surface area contributed by atoms with Crippen LogP contribution in [0.25, 0.3) is 9.75 Å². The molecule has 0 amide bonds. The highest BCUT2D eigenvalue weighted by atomic mass is 32.1. The lowest BCUT2D eigenvalue weighted by atomic mass is 9.97. The van der Waals surface area contributed by atoms with Crippen molar-refractivity contribution in [2.75, 3.05) is 7.11 Å². The largest absolute Gasteiger partial charge is 0.467 e. The number of thiophene rings is 2. The number of methoxy groups -OCH3 is 1. The van der Waals surface area contributed by atoms with Gasteiger partial charge >= 0.3 is 5.97 Å². The number of halogens is 2. The van der Waals surface area contributed by atoms with Gasteiger partial charge < -0.3 is 9.84 Å². The van der Waals surface area contributed by atoms with Crippen LogP contribution in [0, 0.1) is 6.92 Å².